The van der Waals surface area contributed by atoms with Crippen molar-refractivity contribution in [1.29, 1.82) is 0 Å². The summed E-state index contributed by atoms with van der Waals surface area (Å²) in [4.78, 5) is 14.1. The molecule has 2 rings (SSSR count). The van der Waals surface area contributed by atoms with Crippen LogP contribution in [-0.2, 0) is 6.54 Å². The van der Waals surface area contributed by atoms with E-state index in [0.29, 0.717) is 12.3 Å². The fourth-order valence-electron chi connectivity index (χ4n) is 1.45. The van der Waals surface area contributed by atoms with E-state index in [0.717, 1.165) is 5.56 Å². The summed E-state index contributed by atoms with van der Waals surface area (Å²) < 4.78 is 5.50. The van der Waals surface area contributed by atoms with Gasteiger partial charge in [0.1, 0.15) is 5.75 Å². The fraction of sp³-hybridized carbons (Fsp3) is 0.0833. The highest BCUT2D eigenvalue weighted by Crippen LogP contribution is 2.25. The summed E-state index contributed by atoms with van der Waals surface area (Å²) >= 11 is 0. The van der Waals surface area contributed by atoms with Crippen LogP contribution in [0.4, 0.5) is 5.69 Å². The van der Waals surface area contributed by atoms with Gasteiger partial charge in [0.2, 0.25) is 5.88 Å². The standard InChI is InChI=1S/C12H11N3O3/c13-8-9-3-1-2-4-11(9)18-12-7-10(15(16)17)5-6-14-12/h1-7H,8,13H2. The molecule has 0 spiro atoms. The van der Waals surface area contributed by atoms with Gasteiger partial charge in [-0.05, 0) is 6.07 Å². The molecule has 6 heteroatoms. The van der Waals surface area contributed by atoms with Gasteiger partial charge in [-0.2, -0.15) is 0 Å². The van der Waals surface area contributed by atoms with Crippen LogP contribution in [0.3, 0.4) is 0 Å². The number of nitrogens with zero attached hydrogens (tertiary/aromatic N) is 2. The van der Waals surface area contributed by atoms with Crippen molar-refractivity contribution < 1.29 is 9.66 Å². The second-order valence-electron chi connectivity index (χ2n) is 3.52. The van der Waals surface area contributed by atoms with Gasteiger partial charge in [0, 0.05) is 24.4 Å². The number of ether oxygens (including phenoxy) is 1. The Hall–Kier alpha value is -2.47. The van der Waals surface area contributed by atoms with Crippen molar-refractivity contribution in [2.75, 3.05) is 0 Å². The summed E-state index contributed by atoms with van der Waals surface area (Å²) in [7, 11) is 0. The highest BCUT2D eigenvalue weighted by atomic mass is 16.6. The number of para-hydroxylation sites is 1. The Kier molecular flexibility index (Phi) is 3.49. The molecule has 0 saturated heterocycles. The molecule has 0 amide bonds. The molecule has 0 aliphatic carbocycles. The minimum atomic E-state index is -0.497. The number of rotatable bonds is 4. The van der Waals surface area contributed by atoms with Crippen molar-refractivity contribution in [3.63, 3.8) is 0 Å². The molecule has 1 aromatic heterocycles. The molecule has 0 fully saturated rings. The lowest BCUT2D eigenvalue weighted by Gasteiger charge is -2.08. The van der Waals surface area contributed by atoms with Gasteiger partial charge in [0.25, 0.3) is 5.69 Å². The van der Waals surface area contributed by atoms with Crippen LogP contribution >= 0.6 is 0 Å². The summed E-state index contributed by atoms with van der Waals surface area (Å²) in [6.45, 7) is 0.325. The van der Waals surface area contributed by atoms with E-state index in [4.69, 9.17) is 10.5 Å². The summed E-state index contributed by atoms with van der Waals surface area (Å²) in [6.07, 6.45) is 1.33. The van der Waals surface area contributed by atoms with Crippen molar-refractivity contribution in [2.24, 2.45) is 5.73 Å². The van der Waals surface area contributed by atoms with Crippen LogP contribution in [0.2, 0.25) is 0 Å². The third kappa shape index (κ3) is 2.61. The van der Waals surface area contributed by atoms with E-state index >= 15 is 0 Å². The first-order valence-electron chi connectivity index (χ1n) is 5.27. The highest BCUT2D eigenvalue weighted by Gasteiger charge is 2.09. The normalized spacial score (nSPS) is 10.1. The summed E-state index contributed by atoms with van der Waals surface area (Å²) in [5, 5.41) is 10.6. The van der Waals surface area contributed by atoms with E-state index in [9.17, 15) is 10.1 Å². The molecule has 0 aliphatic heterocycles. The maximum absolute atomic E-state index is 10.6. The number of hydrogen-bond donors (Lipinski definition) is 1. The third-order valence-electron chi connectivity index (χ3n) is 2.34. The Labute approximate surface area is 103 Å². The summed E-state index contributed by atoms with van der Waals surface area (Å²) in [5.74, 6) is 0.720. The van der Waals surface area contributed by atoms with Gasteiger partial charge in [0.05, 0.1) is 11.0 Å². The second kappa shape index (κ2) is 5.24. The number of benzene rings is 1. The van der Waals surface area contributed by atoms with Gasteiger partial charge in [-0.25, -0.2) is 4.98 Å². The number of pyridine rings is 1. The van der Waals surface area contributed by atoms with E-state index in [2.05, 4.69) is 4.98 Å². The van der Waals surface area contributed by atoms with E-state index in [1.807, 2.05) is 12.1 Å². The van der Waals surface area contributed by atoms with Gasteiger partial charge >= 0.3 is 0 Å². The topological polar surface area (TPSA) is 91.3 Å². The molecule has 0 atom stereocenters. The van der Waals surface area contributed by atoms with Crippen LogP contribution in [0.25, 0.3) is 0 Å². The van der Waals surface area contributed by atoms with Crippen LogP contribution in [-0.4, -0.2) is 9.91 Å². The lowest BCUT2D eigenvalue weighted by Crippen LogP contribution is -1.99. The van der Waals surface area contributed by atoms with E-state index in [-0.39, 0.29) is 11.6 Å². The summed E-state index contributed by atoms with van der Waals surface area (Å²) in [6, 6.07) is 9.78. The number of aromatic nitrogens is 1. The summed E-state index contributed by atoms with van der Waals surface area (Å²) in [5.41, 5.74) is 6.32. The van der Waals surface area contributed by atoms with Gasteiger partial charge in [-0.15, -0.1) is 0 Å². The Morgan fingerprint density at radius 3 is 2.83 bits per heavy atom. The predicted octanol–water partition coefficient (Wildman–Crippen LogP) is 2.24. The molecular formula is C12H11N3O3. The number of hydrogen-bond acceptors (Lipinski definition) is 5. The Morgan fingerprint density at radius 2 is 2.11 bits per heavy atom. The molecule has 0 aliphatic rings. The van der Waals surface area contributed by atoms with Crippen molar-refractivity contribution in [3.05, 3.63) is 58.3 Å². The maximum atomic E-state index is 10.6. The van der Waals surface area contributed by atoms with Crippen molar-refractivity contribution in [2.45, 2.75) is 6.54 Å². The highest BCUT2D eigenvalue weighted by molar-refractivity contribution is 5.39. The minimum Gasteiger partial charge on any atom is -0.438 e. The van der Waals surface area contributed by atoms with Crippen molar-refractivity contribution in [3.8, 4) is 11.6 Å². The Bertz CT molecular complexity index is 572. The molecule has 1 aromatic carbocycles. The zero-order chi connectivity index (χ0) is 13.0. The van der Waals surface area contributed by atoms with Gasteiger partial charge < -0.3 is 10.5 Å². The third-order valence-corrected chi connectivity index (χ3v) is 2.34. The molecule has 0 saturated carbocycles. The largest absolute Gasteiger partial charge is 0.438 e. The molecule has 0 unspecified atom stereocenters. The molecule has 2 N–H and O–H groups in total. The van der Waals surface area contributed by atoms with E-state index < -0.39 is 4.92 Å². The molecule has 18 heavy (non-hydrogen) atoms. The van der Waals surface area contributed by atoms with Gasteiger partial charge in [0.15, 0.2) is 0 Å². The SMILES string of the molecule is NCc1ccccc1Oc1cc([N+](=O)[O-])ccn1. The average molecular weight is 245 g/mol. The minimum absolute atomic E-state index is 0.0646. The quantitative estimate of drug-likeness (QED) is 0.658. The average Bonchev–Trinajstić information content (AvgIpc) is 2.39. The zero-order valence-corrected chi connectivity index (χ0v) is 9.45. The smallest absolute Gasteiger partial charge is 0.276 e. The first kappa shape index (κ1) is 12.0. The monoisotopic (exact) mass is 245 g/mol. The predicted molar refractivity (Wildman–Crippen MR) is 65.3 cm³/mol. The molecular weight excluding hydrogens is 234 g/mol. The Balaban J connectivity index is 2.28. The van der Waals surface area contributed by atoms with Gasteiger partial charge in [-0.1, -0.05) is 18.2 Å². The molecule has 92 valence electrons. The molecule has 0 radical (unpaired) electrons. The van der Waals surface area contributed by atoms with Crippen molar-refractivity contribution >= 4 is 5.69 Å². The number of nitro groups is 1. The lowest BCUT2D eigenvalue weighted by atomic mass is 10.2. The first-order valence-corrected chi connectivity index (χ1v) is 5.27. The number of nitrogens with two attached hydrogens (primary N) is 1. The van der Waals surface area contributed by atoms with Crippen LogP contribution in [0, 0.1) is 10.1 Å². The molecule has 0 bridgehead atoms. The van der Waals surface area contributed by atoms with Crippen LogP contribution < -0.4 is 10.5 Å². The molecule has 1 heterocycles. The van der Waals surface area contributed by atoms with Crippen LogP contribution in [0.15, 0.2) is 42.6 Å². The lowest BCUT2D eigenvalue weighted by molar-refractivity contribution is -0.385. The van der Waals surface area contributed by atoms with Gasteiger partial charge in [-0.3, -0.25) is 10.1 Å². The molecule has 2 aromatic rings. The Morgan fingerprint density at radius 1 is 1.33 bits per heavy atom. The van der Waals surface area contributed by atoms with Crippen LogP contribution in [0.1, 0.15) is 5.56 Å². The fourth-order valence-corrected chi connectivity index (χ4v) is 1.45. The maximum Gasteiger partial charge on any atom is 0.276 e. The molecule has 6 nitrogen and oxygen atoms in total. The zero-order valence-electron chi connectivity index (χ0n) is 9.45. The van der Waals surface area contributed by atoms with Crippen LogP contribution in [0.5, 0.6) is 11.6 Å². The van der Waals surface area contributed by atoms with E-state index in [1.54, 1.807) is 12.1 Å². The second-order valence-corrected chi connectivity index (χ2v) is 3.52. The van der Waals surface area contributed by atoms with E-state index in [1.165, 1.54) is 18.3 Å². The first-order chi connectivity index (χ1) is 8.70. The van der Waals surface area contributed by atoms with Crippen molar-refractivity contribution in [1.82, 2.24) is 4.98 Å².